The molecule has 1 aromatic heterocycles. The third-order valence-corrected chi connectivity index (χ3v) is 4.64. The lowest BCUT2D eigenvalue weighted by Gasteiger charge is -2.32. The number of aromatic amines is 1. The van der Waals surface area contributed by atoms with E-state index in [2.05, 4.69) is 63.6 Å². The molecule has 0 spiro atoms. The molecule has 4 rings (SSSR count). The minimum atomic E-state index is 0.422. The van der Waals surface area contributed by atoms with Gasteiger partial charge < -0.3 is 4.74 Å². The Hall–Kier alpha value is -2.24. The second-order valence-corrected chi connectivity index (χ2v) is 5.97. The Morgan fingerprint density at radius 1 is 0.957 bits per heavy atom. The van der Waals surface area contributed by atoms with Crippen LogP contribution in [0, 0.1) is 0 Å². The van der Waals surface area contributed by atoms with Crippen molar-refractivity contribution in [3.63, 3.8) is 0 Å². The maximum atomic E-state index is 5.44. The summed E-state index contributed by atoms with van der Waals surface area (Å²) in [5, 5.41) is 10.9. The Labute approximate surface area is 135 Å². The summed E-state index contributed by atoms with van der Waals surface area (Å²) in [7, 11) is 0. The number of ether oxygens (including phenoxy) is 1. The molecule has 3 aromatic rings. The summed E-state index contributed by atoms with van der Waals surface area (Å²) < 4.78 is 5.44. The van der Waals surface area contributed by atoms with E-state index in [0.717, 1.165) is 42.9 Å². The number of hydrogen-bond donors (Lipinski definition) is 1. The van der Waals surface area contributed by atoms with E-state index in [1.54, 1.807) is 0 Å². The molecule has 2 heterocycles. The second kappa shape index (κ2) is 6.10. The predicted octanol–water partition coefficient (Wildman–Crippen LogP) is 3.02. The van der Waals surface area contributed by atoms with Crippen LogP contribution < -0.4 is 0 Å². The van der Waals surface area contributed by atoms with Crippen LogP contribution in [0.4, 0.5) is 0 Å². The van der Waals surface area contributed by atoms with Gasteiger partial charge in [0.2, 0.25) is 0 Å². The van der Waals surface area contributed by atoms with Crippen molar-refractivity contribution in [2.75, 3.05) is 26.3 Å². The van der Waals surface area contributed by atoms with Crippen molar-refractivity contribution in [3.8, 4) is 11.1 Å². The smallest absolute Gasteiger partial charge is 0.113 e. The number of nitrogens with one attached hydrogen (secondary N) is 1. The lowest BCUT2D eigenvalue weighted by atomic mass is 10.00. The van der Waals surface area contributed by atoms with E-state index in [1.807, 2.05) is 6.07 Å². The molecule has 0 saturated carbocycles. The lowest BCUT2D eigenvalue weighted by molar-refractivity contribution is 0.0198. The number of morpholine rings is 1. The summed E-state index contributed by atoms with van der Waals surface area (Å²) in [6, 6.07) is 15.4. The molecule has 1 N–H and O–H groups in total. The highest BCUT2D eigenvalue weighted by atomic mass is 16.5. The number of hydrogen-bond acceptors (Lipinski definition) is 4. The first-order chi connectivity index (χ1) is 11.3. The summed E-state index contributed by atoms with van der Waals surface area (Å²) in [6.45, 7) is 5.94. The summed E-state index contributed by atoms with van der Waals surface area (Å²) in [5.41, 5.74) is 5.50. The van der Waals surface area contributed by atoms with Crippen molar-refractivity contribution in [2.24, 2.45) is 0 Å². The van der Waals surface area contributed by atoms with Crippen LogP contribution in [0.1, 0.15) is 18.5 Å². The standard InChI is InChI=1S/C18H20N4O/c1-13(22-8-10-23-11-9-22)14-2-4-15(5-3-14)16-6-7-17-18(12-16)20-21-19-17/h2-7,12-13H,8-11H2,1H3,(H,19,20,21). The third kappa shape index (κ3) is 2.85. The van der Waals surface area contributed by atoms with Gasteiger partial charge in [0.1, 0.15) is 11.0 Å². The molecule has 5 nitrogen and oxygen atoms in total. The molecule has 1 unspecified atom stereocenters. The number of H-pyrrole nitrogens is 1. The van der Waals surface area contributed by atoms with Crippen molar-refractivity contribution < 1.29 is 4.74 Å². The SMILES string of the molecule is CC(c1ccc(-c2ccc3n[nH]nc3c2)cc1)N1CCOCC1. The number of fused-ring (bicyclic) bond motifs is 1. The largest absolute Gasteiger partial charge is 0.379 e. The topological polar surface area (TPSA) is 54.0 Å². The average molecular weight is 308 g/mol. The van der Waals surface area contributed by atoms with Gasteiger partial charge in [0.25, 0.3) is 0 Å². The van der Waals surface area contributed by atoms with Gasteiger partial charge in [0, 0.05) is 19.1 Å². The molecule has 1 atom stereocenters. The Bertz CT molecular complexity index is 790. The van der Waals surface area contributed by atoms with Gasteiger partial charge >= 0.3 is 0 Å². The van der Waals surface area contributed by atoms with Crippen LogP contribution in [0.25, 0.3) is 22.2 Å². The van der Waals surface area contributed by atoms with E-state index in [0.29, 0.717) is 6.04 Å². The molecule has 5 heteroatoms. The summed E-state index contributed by atoms with van der Waals surface area (Å²) in [4.78, 5) is 2.47. The van der Waals surface area contributed by atoms with E-state index in [9.17, 15) is 0 Å². The zero-order valence-corrected chi connectivity index (χ0v) is 13.2. The van der Waals surface area contributed by atoms with Gasteiger partial charge in [-0.05, 0) is 35.7 Å². The molecule has 0 radical (unpaired) electrons. The minimum absolute atomic E-state index is 0.422. The zero-order valence-electron chi connectivity index (χ0n) is 13.2. The number of benzene rings is 2. The molecule has 0 aliphatic carbocycles. The van der Waals surface area contributed by atoms with Gasteiger partial charge in [-0.2, -0.15) is 15.4 Å². The van der Waals surface area contributed by atoms with Crippen LogP contribution in [-0.4, -0.2) is 46.6 Å². The fraction of sp³-hybridized carbons (Fsp3) is 0.333. The molecule has 1 fully saturated rings. The molecule has 1 saturated heterocycles. The van der Waals surface area contributed by atoms with E-state index in [-0.39, 0.29) is 0 Å². The molecular weight excluding hydrogens is 288 g/mol. The highest BCUT2D eigenvalue weighted by Crippen LogP contribution is 2.26. The van der Waals surface area contributed by atoms with E-state index < -0.39 is 0 Å². The number of nitrogens with zero attached hydrogens (tertiary/aromatic N) is 3. The maximum Gasteiger partial charge on any atom is 0.113 e. The van der Waals surface area contributed by atoms with Crippen LogP contribution in [-0.2, 0) is 4.74 Å². The Balaban J connectivity index is 1.57. The first kappa shape index (κ1) is 14.4. The predicted molar refractivity (Wildman–Crippen MR) is 90.1 cm³/mol. The molecule has 0 bridgehead atoms. The molecule has 23 heavy (non-hydrogen) atoms. The fourth-order valence-electron chi connectivity index (χ4n) is 3.15. The van der Waals surface area contributed by atoms with Crippen molar-refractivity contribution >= 4 is 11.0 Å². The van der Waals surface area contributed by atoms with Gasteiger partial charge in [0.15, 0.2) is 0 Å². The van der Waals surface area contributed by atoms with Crippen molar-refractivity contribution in [1.82, 2.24) is 20.3 Å². The molecule has 0 amide bonds. The molecule has 118 valence electrons. The Morgan fingerprint density at radius 3 is 2.43 bits per heavy atom. The Kier molecular flexibility index (Phi) is 3.81. The minimum Gasteiger partial charge on any atom is -0.379 e. The van der Waals surface area contributed by atoms with Crippen LogP contribution in [0.3, 0.4) is 0 Å². The van der Waals surface area contributed by atoms with Crippen molar-refractivity contribution in [3.05, 3.63) is 48.0 Å². The first-order valence-corrected chi connectivity index (χ1v) is 8.04. The first-order valence-electron chi connectivity index (χ1n) is 8.04. The average Bonchev–Trinajstić information content (AvgIpc) is 3.10. The molecular formula is C18H20N4O. The molecule has 2 aromatic carbocycles. The lowest BCUT2D eigenvalue weighted by Crippen LogP contribution is -2.37. The van der Waals surface area contributed by atoms with Gasteiger partial charge in [-0.25, -0.2) is 0 Å². The van der Waals surface area contributed by atoms with Crippen LogP contribution in [0.2, 0.25) is 0 Å². The van der Waals surface area contributed by atoms with Crippen LogP contribution in [0.15, 0.2) is 42.5 Å². The molecule has 1 aliphatic heterocycles. The summed E-state index contributed by atoms with van der Waals surface area (Å²) in [5.74, 6) is 0. The molecule has 1 aliphatic rings. The quantitative estimate of drug-likeness (QED) is 0.808. The van der Waals surface area contributed by atoms with Gasteiger partial charge in [-0.15, -0.1) is 0 Å². The van der Waals surface area contributed by atoms with Gasteiger partial charge in [-0.3, -0.25) is 4.90 Å². The number of aromatic nitrogens is 3. The van der Waals surface area contributed by atoms with Crippen LogP contribution in [0.5, 0.6) is 0 Å². The summed E-state index contributed by atoms with van der Waals surface area (Å²) >= 11 is 0. The zero-order chi connectivity index (χ0) is 15.6. The van der Waals surface area contributed by atoms with Gasteiger partial charge in [0.05, 0.1) is 13.2 Å². The Morgan fingerprint density at radius 2 is 1.65 bits per heavy atom. The monoisotopic (exact) mass is 308 g/mol. The van der Waals surface area contributed by atoms with Crippen LogP contribution >= 0.6 is 0 Å². The van der Waals surface area contributed by atoms with Crippen molar-refractivity contribution in [1.29, 1.82) is 0 Å². The third-order valence-electron chi connectivity index (χ3n) is 4.64. The van der Waals surface area contributed by atoms with E-state index in [4.69, 9.17) is 4.74 Å². The highest BCUT2D eigenvalue weighted by molar-refractivity contribution is 5.80. The highest BCUT2D eigenvalue weighted by Gasteiger charge is 2.18. The summed E-state index contributed by atoms with van der Waals surface area (Å²) in [6.07, 6.45) is 0. The number of rotatable bonds is 3. The van der Waals surface area contributed by atoms with E-state index >= 15 is 0 Å². The maximum absolute atomic E-state index is 5.44. The van der Waals surface area contributed by atoms with E-state index in [1.165, 1.54) is 11.1 Å². The van der Waals surface area contributed by atoms with Crippen molar-refractivity contribution in [2.45, 2.75) is 13.0 Å². The second-order valence-electron chi connectivity index (χ2n) is 5.97. The fourth-order valence-corrected chi connectivity index (χ4v) is 3.15. The normalized spacial score (nSPS) is 17.4. The van der Waals surface area contributed by atoms with Gasteiger partial charge in [-0.1, -0.05) is 30.3 Å².